The average Bonchev–Trinajstić information content (AvgIpc) is 3.31. The zero-order chi connectivity index (χ0) is 13.8. The van der Waals surface area contributed by atoms with Crippen LogP contribution in [0.2, 0.25) is 0 Å². The molecule has 1 heterocycles. The molecule has 1 aromatic carbocycles. The fourth-order valence-corrected chi connectivity index (χ4v) is 2.83. The molecule has 1 saturated heterocycles. The summed E-state index contributed by atoms with van der Waals surface area (Å²) in [4.78, 5) is 11.9. The van der Waals surface area contributed by atoms with E-state index >= 15 is 0 Å². The van der Waals surface area contributed by atoms with E-state index in [1.165, 1.54) is 5.56 Å². The molecule has 108 valence electrons. The van der Waals surface area contributed by atoms with E-state index < -0.39 is 0 Å². The molecule has 0 bridgehead atoms. The predicted octanol–water partition coefficient (Wildman–Crippen LogP) is 2.20. The number of carbonyl (C=O) groups is 1. The minimum Gasteiger partial charge on any atom is -0.381 e. The van der Waals surface area contributed by atoms with Crippen molar-refractivity contribution in [2.75, 3.05) is 19.8 Å². The molecule has 2 aliphatic rings. The summed E-state index contributed by atoms with van der Waals surface area (Å²) in [5.41, 5.74) is 1.32. The second kappa shape index (κ2) is 5.83. The molecule has 0 radical (unpaired) electrons. The summed E-state index contributed by atoms with van der Waals surface area (Å²) in [5.74, 6) is 0. The molecule has 3 rings (SSSR count). The van der Waals surface area contributed by atoms with Gasteiger partial charge in [-0.1, -0.05) is 30.3 Å². The molecular formula is C16H22N2O2. The number of hydrogen-bond acceptors (Lipinski definition) is 2. The number of carbonyl (C=O) groups excluding carboxylic acids is 1. The maximum atomic E-state index is 11.9. The molecule has 0 aromatic heterocycles. The molecule has 20 heavy (non-hydrogen) atoms. The van der Waals surface area contributed by atoms with Gasteiger partial charge in [0.2, 0.25) is 0 Å². The highest BCUT2D eigenvalue weighted by molar-refractivity contribution is 5.74. The Balaban J connectivity index is 1.67. The van der Waals surface area contributed by atoms with Crippen molar-refractivity contribution >= 4 is 6.03 Å². The SMILES string of the molecule is O=C(NCC1(c2ccccc2)CCOCC1)NC1CC1. The van der Waals surface area contributed by atoms with Crippen LogP contribution in [0, 0.1) is 0 Å². The van der Waals surface area contributed by atoms with Gasteiger partial charge < -0.3 is 15.4 Å². The smallest absolute Gasteiger partial charge is 0.315 e. The van der Waals surface area contributed by atoms with E-state index in [2.05, 4.69) is 34.9 Å². The van der Waals surface area contributed by atoms with Crippen molar-refractivity contribution in [2.24, 2.45) is 0 Å². The molecule has 1 aliphatic carbocycles. The fourth-order valence-electron chi connectivity index (χ4n) is 2.83. The first-order chi connectivity index (χ1) is 9.78. The van der Waals surface area contributed by atoms with Gasteiger partial charge in [-0.3, -0.25) is 0 Å². The van der Waals surface area contributed by atoms with Crippen LogP contribution in [0.25, 0.3) is 0 Å². The van der Waals surface area contributed by atoms with E-state index in [0.717, 1.165) is 38.9 Å². The number of urea groups is 1. The molecule has 1 saturated carbocycles. The predicted molar refractivity (Wildman–Crippen MR) is 77.7 cm³/mol. The van der Waals surface area contributed by atoms with E-state index in [1.54, 1.807) is 0 Å². The quantitative estimate of drug-likeness (QED) is 0.884. The Bertz CT molecular complexity index is 451. The third-order valence-electron chi connectivity index (χ3n) is 4.34. The van der Waals surface area contributed by atoms with Crippen LogP contribution in [-0.4, -0.2) is 31.8 Å². The highest BCUT2D eigenvalue weighted by Crippen LogP contribution is 2.34. The largest absolute Gasteiger partial charge is 0.381 e. The molecule has 1 aliphatic heterocycles. The topological polar surface area (TPSA) is 50.4 Å². The fraction of sp³-hybridized carbons (Fsp3) is 0.562. The van der Waals surface area contributed by atoms with Crippen LogP contribution in [0.15, 0.2) is 30.3 Å². The zero-order valence-corrected chi connectivity index (χ0v) is 11.7. The molecule has 4 nitrogen and oxygen atoms in total. The zero-order valence-electron chi connectivity index (χ0n) is 11.7. The molecule has 2 N–H and O–H groups in total. The Labute approximate surface area is 119 Å². The summed E-state index contributed by atoms with van der Waals surface area (Å²) in [6, 6.07) is 10.8. The van der Waals surface area contributed by atoms with Gasteiger partial charge in [-0.2, -0.15) is 0 Å². The molecule has 0 atom stereocenters. The highest BCUT2D eigenvalue weighted by Gasteiger charge is 2.35. The monoisotopic (exact) mass is 274 g/mol. The van der Waals surface area contributed by atoms with Crippen LogP contribution in [0.3, 0.4) is 0 Å². The third kappa shape index (κ3) is 3.12. The van der Waals surface area contributed by atoms with Crippen molar-refractivity contribution in [3.8, 4) is 0 Å². The van der Waals surface area contributed by atoms with E-state index in [0.29, 0.717) is 12.6 Å². The van der Waals surface area contributed by atoms with Crippen molar-refractivity contribution in [1.82, 2.24) is 10.6 Å². The Morgan fingerprint density at radius 2 is 1.90 bits per heavy atom. The van der Waals surface area contributed by atoms with E-state index in [4.69, 9.17) is 4.74 Å². The summed E-state index contributed by atoms with van der Waals surface area (Å²) < 4.78 is 5.50. The number of hydrogen-bond donors (Lipinski definition) is 2. The highest BCUT2D eigenvalue weighted by atomic mass is 16.5. The number of benzene rings is 1. The lowest BCUT2D eigenvalue weighted by Gasteiger charge is -2.38. The lowest BCUT2D eigenvalue weighted by Crippen LogP contribution is -2.47. The number of rotatable bonds is 4. The van der Waals surface area contributed by atoms with Crippen molar-refractivity contribution in [3.05, 3.63) is 35.9 Å². The lowest BCUT2D eigenvalue weighted by atomic mass is 9.74. The van der Waals surface area contributed by atoms with Crippen LogP contribution in [-0.2, 0) is 10.2 Å². The first kappa shape index (κ1) is 13.4. The summed E-state index contributed by atoms with van der Waals surface area (Å²) in [7, 11) is 0. The second-order valence-corrected chi connectivity index (χ2v) is 5.86. The summed E-state index contributed by atoms with van der Waals surface area (Å²) in [5, 5.41) is 6.04. The Morgan fingerprint density at radius 3 is 2.55 bits per heavy atom. The maximum absolute atomic E-state index is 11.9. The second-order valence-electron chi connectivity index (χ2n) is 5.86. The van der Waals surface area contributed by atoms with Crippen LogP contribution >= 0.6 is 0 Å². The number of nitrogens with one attached hydrogen (secondary N) is 2. The number of amides is 2. The molecule has 4 heteroatoms. The van der Waals surface area contributed by atoms with Gasteiger partial charge in [0, 0.05) is 31.2 Å². The van der Waals surface area contributed by atoms with Gasteiger partial charge in [0.05, 0.1) is 0 Å². The Kier molecular flexibility index (Phi) is 3.92. The molecule has 2 fully saturated rings. The van der Waals surface area contributed by atoms with Crippen LogP contribution in [0.4, 0.5) is 4.79 Å². The van der Waals surface area contributed by atoms with E-state index in [9.17, 15) is 4.79 Å². The van der Waals surface area contributed by atoms with Crippen molar-refractivity contribution in [3.63, 3.8) is 0 Å². The van der Waals surface area contributed by atoms with Gasteiger partial charge in [0.25, 0.3) is 0 Å². The first-order valence-corrected chi connectivity index (χ1v) is 7.46. The van der Waals surface area contributed by atoms with Gasteiger partial charge in [-0.05, 0) is 31.2 Å². The average molecular weight is 274 g/mol. The van der Waals surface area contributed by atoms with Gasteiger partial charge in [-0.25, -0.2) is 4.79 Å². The van der Waals surface area contributed by atoms with Gasteiger partial charge in [0.1, 0.15) is 0 Å². The molecular weight excluding hydrogens is 252 g/mol. The Hall–Kier alpha value is -1.55. The molecule has 0 unspecified atom stereocenters. The number of ether oxygens (including phenoxy) is 1. The van der Waals surface area contributed by atoms with Gasteiger partial charge in [0.15, 0.2) is 0 Å². The Morgan fingerprint density at radius 1 is 1.20 bits per heavy atom. The maximum Gasteiger partial charge on any atom is 0.315 e. The minimum absolute atomic E-state index is 0.0143. The summed E-state index contributed by atoms with van der Waals surface area (Å²) >= 11 is 0. The summed E-state index contributed by atoms with van der Waals surface area (Å²) in [6.07, 6.45) is 4.15. The summed E-state index contributed by atoms with van der Waals surface area (Å²) in [6.45, 7) is 2.21. The van der Waals surface area contributed by atoms with Crippen LogP contribution in [0.5, 0.6) is 0 Å². The molecule has 2 amide bonds. The molecule has 0 spiro atoms. The van der Waals surface area contributed by atoms with Gasteiger partial charge in [-0.15, -0.1) is 0 Å². The van der Waals surface area contributed by atoms with Crippen LogP contribution in [0.1, 0.15) is 31.2 Å². The van der Waals surface area contributed by atoms with E-state index in [-0.39, 0.29) is 11.4 Å². The third-order valence-corrected chi connectivity index (χ3v) is 4.34. The van der Waals surface area contributed by atoms with Crippen molar-refractivity contribution < 1.29 is 9.53 Å². The van der Waals surface area contributed by atoms with E-state index in [1.807, 2.05) is 6.07 Å². The molecule has 1 aromatic rings. The first-order valence-electron chi connectivity index (χ1n) is 7.46. The van der Waals surface area contributed by atoms with Crippen molar-refractivity contribution in [2.45, 2.75) is 37.1 Å². The van der Waals surface area contributed by atoms with Gasteiger partial charge >= 0.3 is 6.03 Å². The van der Waals surface area contributed by atoms with Crippen LogP contribution < -0.4 is 10.6 Å². The normalized spacial score (nSPS) is 21.2. The van der Waals surface area contributed by atoms with Crippen molar-refractivity contribution in [1.29, 1.82) is 0 Å². The minimum atomic E-state index is -0.0331. The lowest BCUT2D eigenvalue weighted by molar-refractivity contribution is 0.0507. The standard InChI is InChI=1S/C16H22N2O2/c19-15(18-14-6-7-14)17-12-16(8-10-20-11-9-16)13-4-2-1-3-5-13/h1-5,14H,6-12H2,(H2,17,18,19).